The quantitative estimate of drug-likeness (QED) is 0.827. The molecule has 0 aliphatic carbocycles. The molecule has 0 N–H and O–H groups in total. The van der Waals surface area contributed by atoms with Gasteiger partial charge in [-0.2, -0.15) is 0 Å². The van der Waals surface area contributed by atoms with E-state index in [9.17, 15) is 4.79 Å². The largest absolute Gasteiger partial charge is 0.439 e. The van der Waals surface area contributed by atoms with Gasteiger partial charge in [0.25, 0.3) is 0 Å². The third-order valence-electron chi connectivity index (χ3n) is 5.33. The lowest BCUT2D eigenvalue weighted by Gasteiger charge is -2.49. The minimum Gasteiger partial charge on any atom is -0.439 e. The normalized spacial score (nSPS) is 31.7. The zero-order chi connectivity index (χ0) is 16.1. The fourth-order valence-corrected chi connectivity index (χ4v) is 4.09. The molecule has 1 atom stereocenters. The van der Waals surface area contributed by atoms with E-state index in [1.807, 2.05) is 0 Å². The second kappa shape index (κ2) is 5.01. The Morgan fingerprint density at radius 2 is 1.92 bits per heavy atom. The lowest BCUT2D eigenvalue weighted by Crippen LogP contribution is -2.61. The number of carbonyl (C=O) groups is 1. The topological polar surface area (TPSA) is 84.6 Å². The predicted molar refractivity (Wildman–Crippen MR) is 83.3 cm³/mol. The second-order valence-electron chi connectivity index (χ2n) is 6.69. The first-order chi connectivity index (χ1) is 11.7. The van der Waals surface area contributed by atoms with E-state index in [4.69, 9.17) is 9.15 Å². The number of aromatic nitrogens is 3. The molecule has 124 valence electrons. The van der Waals surface area contributed by atoms with Crippen molar-refractivity contribution in [2.24, 2.45) is 5.92 Å². The molecular formula is C16H17N5O3. The number of amides is 1. The van der Waals surface area contributed by atoms with Crippen LogP contribution >= 0.6 is 0 Å². The molecule has 6 rings (SSSR count). The molecule has 1 spiro atoms. The summed E-state index contributed by atoms with van der Waals surface area (Å²) < 4.78 is 11.5. The molecule has 0 aromatic carbocycles. The first-order valence-electron chi connectivity index (χ1n) is 8.20. The average molecular weight is 327 g/mol. The Kier molecular flexibility index (Phi) is 2.90. The monoisotopic (exact) mass is 327 g/mol. The molecule has 4 aliphatic heterocycles. The van der Waals surface area contributed by atoms with Crippen LogP contribution in [0, 0.1) is 5.92 Å². The van der Waals surface area contributed by atoms with Crippen LogP contribution in [-0.2, 0) is 4.74 Å². The molecule has 2 bridgehead atoms. The van der Waals surface area contributed by atoms with E-state index in [1.54, 1.807) is 24.5 Å². The van der Waals surface area contributed by atoms with Gasteiger partial charge in [-0.3, -0.25) is 9.88 Å². The third-order valence-corrected chi connectivity index (χ3v) is 5.33. The summed E-state index contributed by atoms with van der Waals surface area (Å²) in [4.78, 5) is 20.2. The summed E-state index contributed by atoms with van der Waals surface area (Å²) in [6.45, 7) is 3.46. The van der Waals surface area contributed by atoms with Gasteiger partial charge in [0.1, 0.15) is 5.60 Å². The molecule has 4 fully saturated rings. The summed E-state index contributed by atoms with van der Waals surface area (Å²) in [5, 5.41) is 8.08. The summed E-state index contributed by atoms with van der Waals surface area (Å²) >= 11 is 0. The van der Waals surface area contributed by atoms with E-state index >= 15 is 0 Å². The van der Waals surface area contributed by atoms with Gasteiger partial charge in [0, 0.05) is 30.4 Å². The lowest BCUT2D eigenvalue weighted by molar-refractivity contribution is -0.0881. The van der Waals surface area contributed by atoms with E-state index in [2.05, 4.69) is 20.1 Å². The lowest BCUT2D eigenvalue weighted by atomic mass is 9.75. The van der Waals surface area contributed by atoms with Crippen LogP contribution in [0.2, 0.25) is 0 Å². The molecule has 24 heavy (non-hydrogen) atoms. The Bertz CT molecular complexity index is 771. The van der Waals surface area contributed by atoms with Crippen LogP contribution in [0.5, 0.6) is 0 Å². The van der Waals surface area contributed by atoms with Gasteiger partial charge in [-0.25, -0.2) is 9.69 Å². The van der Waals surface area contributed by atoms with Crippen molar-refractivity contribution in [3.63, 3.8) is 0 Å². The zero-order valence-corrected chi connectivity index (χ0v) is 13.1. The molecule has 0 radical (unpaired) electrons. The van der Waals surface area contributed by atoms with Crippen molar-refractivity contribution in [1.82, 2.24) is 20.1 Å². The van der Waals surface area contributed by atoms with Crippen LogP contribution in [0.4, 0.5) is 10.8 Å². The van der Waals surface area contributed by atoms with Crippen LogP contribution < -0.4 is 4.90 Å². The number of fused-ring (bicyclic) bond motifs is 2. The third kappa shape index (κ3) is 2.02. The van der Waals surface area contributed by atoms with Crippen molar-refractivity contribution in [2.75, 3.05) is 31.1 Å². The van der Waals surface area contributed by atoms with Gasteiger partial charge < -0.3 is 9.15 Å². The Morgan fingerprint density at radius 3 is 2.62 bits per heavy atom. The van der Waals surface area contributed by atoms with Crippen molar-refractivity contribution >= 4 is 12.1 Å². The number of anilines is 1. The highest BCUT2D eigenvalue weighted by atomic mass is 16.6. The Balaban J connectivity index is 1.42. The molecule has 8 nitrogen and oxygen atoms in total. The van der Waals surface area contributed by atoms with Gasteiger partial charge in [0.15, 0.2) is 0 Å². The number of piperidine rings is 3. The molecular weight excluding hydrogens is 310 g/mol. The molecule has 2 aromatic heterocycles. The van der Waals surface area contributed by atoms with Crippen LogP contribution in [0.25, 0.3) is 11.5 Å². The Labute approximate surface area is 138 Å². The van der Waals surface area contributed by atoms with Gasteiger partial charge >= 0.3 is 12.1 Å². The standard InChI is InChI=1S/C16H17N5O3/c22-15-21(10-16(24-15)9-20-7-3-12(16)4-8-20)14-19-18-13(23-14)11-1-5-17-6-2-11/h1-2,5-6,12H,3-4,7-10H2/t16-/m1/s1. The van der Waals surface area contributed by atoms with E-state index in [0.717, 1.165) is 38.0 Å². The highest BCUT2D eigenvalue weighted by Gasteiger charge is 2.56. The first kappa shape index (κ1) is 13.9. The highest BCUT2D eigenvalue weighted by molar-refractivity contribution is 5.88. The maximum atomic E-state index is 12.4. The van der Waals surface area contributed by atoms with E-state index in [-0.39, 0.29) is 6.01 Å². The fourth-order valence-electron chi connectivity index (χ4n) is 4.09. The van der Waals surface area contributed by atoms with Gasteiger partial charge in [-0.15, -0.1) is 5.10 Å². The average Bonchev–Trinajstić information content (AvgIpc) is 3.22. The van der Waals surface area contributed by atoms with Crippen molar-refractivity contribution in [3.8, 4) is 11.5 Å². The van der Waals surface area contributed by atoms with Crippen molar-refractivity contribution in [2.45, 2.75) is 18.4 Å². The van der Waals surface area contributed by atoms with Crippen molar-refractivity contribution in [3.05, 3.63) is 24.5 Å². The minimum absolute atomic E-state index is 0.195. The van der Waals surface area contributed by atoms with Gasteiger partial charge in [-0.05, 0) is 38.1 Å². The summed E-state index contributed by atoms with van der Waals surface area (Å²) in [5.74, 6) is 0.786. The minimum atomic E-state index is -0.432. The maximum absolute atomic E-state index is 12.4. The van der Waals surface area contributed by atoms with Gasteiger partial charge in [-0.1, -0.05) is 5.10 Å². The summed E-state index contributed by atoms with van der Waals surface area (Å²) in [7, 11) is 0. The van der Waals surface area contributed by atoms with E-state index in [1.165, 1.54) is 4.90 Å². The Hall–Kier alpha value is -2.48. The molecule has 8 heteroatoms. The zero-order valence-electron chi connectivity index (χ0n) is 13.1. The molecule has 4 aliphatic rings. The molecule has 4 saturated heterocycles. The molecule has 1 amide bonds. The number of hydrogen-bond acceptors (Lipinski definition) is 7. The molecule has 0 unspecified atom stereocenters. The van der Waals surface area contributed by atoms with E-state index < -0.39 is 11.7 Å². The number of pyridine rings is 1. The van der Waals surface area contributed by atoms with Crippen LogP contribution in [0.1, 0.15) is 12.8 Å². The number of hydrogen-bond donors (Lipinski definition) is 0. The molecule has 2 aromatic rings. The SMILES string of the molecule is O=C1O[C@]2(CN3CCC2CC3)CN1c1nnc(-c2ccncc2)o1. The first-order valence-corrected chi connectivity index (χ1v) is 8.20. The number of carbonyl (C=O) groups excluding carboxylic acids is 1. The van der Waals surface area contributed by atoms with Crippen molar-refractivity contribution < 1.29 is 13.9 Å². The maximum Gasteiger partial charge on any atom is 0.418 e. The van der Waals surface area contributed by atoms with Crippen LogP contribution in [0.3, 0.4) is 0 Å². The van der Waals surface area contributed by atoms with Crippen LogP contribution in [0.15, 0.2) is 28.9 Å². The summed E-state index contributed by atoms with van der Waals surface area (Å²) in [6.07, 6.45) is 5.07. The fraction of sp³-hybridized carbons (Fsp3) is 0.500. The summed E-state index contributed by atoms with van der Waals surface area (Å²) in [6, 6.07) is 3.77. The summed E-state index contributed by atoms with van der Waals surface area (Å²) in [5.41, 5.74) is 0.340. The molecule has 0 saturated carbocycles. The predicted octanol–water partition coefficient (Wildman–Crippen LogP) is 1.55. The Morgan fingerprint density at radius 1 is 1.12 bits per heavy atom. The number of nitrogens with zero attached hydrogens (tertiary/aromatic N) is 5. The highest BCUT2D eigenvalue weighted by Crippen LogP contribution is 2.43. The van der Waals surface area contributed by atoms with Crippen molar-refractivity contribution in [1.29, 1.82) is 0 Å². The van der Waals surface area contributed by atoms with Crippen LogP contribution in [-0.4, -0.2) is 58.0 Å². The smallest absolute Gasteiger partial charge is 0.418 e. The van der Waals surface area contributed by atoms with E-state index in [0.29, 0.717) is 18.4 Å². The second-order valence-corrected chi connectivity index (χ2v) is 6.69. The molecule has 6 heterocycles. The number of ether oxygens (including phenoxy) is 1. The van der Waals surface area contributed by atoms with Gasteiger partial charge in [0.05, 0.1) is 6.54 Å². The van der Waals surface area contributed by atoms with Gasteiger partial charge in [0.2, 0.25) is 5.89 Å². The number of rotatable bonds is 2.